The molecule has 2 atom stereocenters. The molecule has 1 amide bonds. The van der Waals surface area contributed by atoms with Gasteiger partial charge in [-0.2, -0.15) is 0 Å². The van der Waals surface area contributed by atoms with Gasteiger partial charge in [-0.3, -0.25) is 9.69 Å². The van der Waals surface area contributed by atoms with Crippen LogP contribution in [0.3, 0.4) is 0 Å². The molecular formula is C21H34Cl3N3O2. The first-order chi connectivity index (χ1) is 13.1. The van der Waals surface area contributed by atoms with Crippen molar-refractivity contribution >= 4 is 42.3 Å². The number of hydrogen-bond acceptors (Lipinski definition) is 4. The highest BCUT2D eigenvalue weighted by atomic mass is 35.5. The van der Waals surface area contributed by atoms with Crippen LogP contribution in [-0.2, 0) is 9.53 Å². The molecule has 0 aliphatic carbocycles. The molecule has 2 aliphatic heterocycles. The van der Waals surface area contributed by atoms with E-state index in [1.54, 1.807) is 0 Å². The van der Waals surface area contributed by atoms with Gasteiger partial charge >= 0.3 is 0 Å². The number of amides is 1. The smallest absolute Gasteiger partial charge is 0.220 e. The average Bonchev–Trinajstić information content (AvgIpc) is 2.71. The van der Waals surface area contributed by atoms with Crippen LogP contribution in [0, 0.1) is 11.8 Å². The summed E-state index contributed by atoms with van der Waals surface area (Å²) in [7, 11) is 0. The van der Waals surface area contributed by atoms with Gasteiger partial charge in [-0.25, -0.2) is 0 Å². The fraction of sp³-hybridized carbons (Fsp3) is 0.667. The van der Waals surface area contributed by atoms with Crippen molar-refractivity contribution in [2.45, 2.75) is 32.2 Å². The fourth-order valence-electron chi connectivity index (χ4n) is 4.23. The zero-order valence-electron chi connectivity index (χ0n) is 17.1. The number of carbonyl (C=O) groups is 1. The van der Waals surface area contributed by atoms with Crippen molar-refractivity contribution in [1.82, 2.24) is 15.5 Å². The topological polar surface area (TPSA) is 53.6 Å². The molecule has 1 aromatic carbocycles. The summed E-state index contributed by atoms with van der Waals surface area (Å²) in [5.41, 5.74) is 1.08. The Kier molecular flexibility index (Phi) is 12.5. The Hall–Kier alpha value is -0.560. The van der Waals surface area contributed by atoms with Crippen molar-refractivity contribution in [3.8, 4) is 0 Å². The van der Waals surface area contributed by atoms with Crippen molar-refractivity contribution in [1.29, 1.82) is 0 Å². The second kappa shape index (κ2) is 13.7. The monoisotopic (exact) mass is 465 g/mol. The second-order valence-corrected chi connectivity index (χ2v) is 8.17. The number of halogens is 3. The first-order valence-electron chi connectivity index (χ1n) is 10.2. The molecule has 1 aromatic rings. The van der Waals surface area contributed by atoms with Crippen molar-refractivity contribution in [2.24, 2.45) is 11.8 Å². The van der Waals surface area contributed by atoms with Crippen LogP contribution in [0.2, 0.25) is 5.02 Å². The molecule has 2 unspecified atom stereocenters. The summed E-state index contributed by atoms with van der Waals surface area (Å²) in [6.07, 6.45) is 2.94. The molecule has 0 bridgehead atoms. The highest BCUT2D eigenvalue weighted by Gasteiger charge is 2.26. The molecule has 2 fully saturated rings. The van der Waals surface area contributed by atoms with Gasteiger partial charge in [0.1, 0.15) is 0 Å². The zero-order valence-corrected chi connectivity index (χ0v) is 19.5. The Morgan fingerprint density at radius 1 is 1.24 bits per heavy atom. The molecule has 2 heterocycles. The van der Waals surface area contributed by atoms with Crippen LogP contribution in [0.15, 0.2) is 24.3 Å². The van der Waals surface area contributed by atoms with Gasteiger partial charge < -0.3 is 15.4 Å². The molecule has 166 valence electrons. The largest absolute Gasteiger partial charge is 0.379 e. The number of morpholine rings is 1. The molecule has 0 saturated carbocycles. The van der Waals surface area contributed by atoms with Gasteiger partial charge in [0.05, 0.1) is 19.3 Å². The van der Waals surface area contributed by atoms with E-state index in [2.05, 4.69) is 28.5 Å². The van der Waals surface area contributed by atoms with Crippen LogP contribution >= 0.6 is 36.4 Å². The van der Waals surface area contributed by atoms with Crippen molar-refractivity contribution in [2.75, 3.05) is 45.9 Å². The lowest BCUT2D eigenvalue weighted by atomic mass is 9.84. The Bertz CT molecular complexity index is 609. The minimum atomic E-state index is 0. The number of piperidine rings is 1. The minimum absolute atomic E-state index is 0. The molecule has 0 radical (unpaired) electrons. The van der Waals surface area contributed by atoms with Gasteiger partial charge in [-0.1, -0.05) is 36.7 Å². The van der Waals surface area contributed by atoms with Crippen LogP contribution < -0.4 is 10.6 Å². The van der Waals surface area contributed by atoms with Gasteiger partial charge in [-0.15, -0.1) is 24.8 Å². The van der Waals surface area contributed by atoms with Gasteiger partial charge in [0, 0.05) is 31.1 Å². The van der Waals surface area contributed by atoms with Crippen molar-refractivity contribution in [3.05, 3.63) is 34.9 Å². The van der Waals surface area contributed by atoms with E-state index < -0.39 is 0 Å². The minimum Gasteiger partial charge on any atom is -0.379 e. The molecule has 0 aromatic heterocycles. The zero-order chi connectivity index (χ0) is 19.1. The maximum atomic E-state index is 12.6. The molecule has 2 saturated heterocycles. The number of nitrogens with zero attached hydrogens (tertiary/aromatic N) is 1. The van der Waals surface area contributed by atoms with E-state index in [-0.39, 0.29) is 36.8 Å². The number of rotatable bonds is 7. The van der Waals surface area contributed by atoms with Gasteiger partial charge in [-0.05, 0) is 49.4 Å². The number of carbonyl (C=O) groups excluding carboxylic acids is 1. The molecule has 3 rings (SSSR count). The average molecular weight is 467 g/mol. The lowest BCUT2D eigenvalue weighted by Gasteiger charge is -2.35. The molecule has 2 aliphatic rings. The number of ether oxygens (including phenoxy) is 1. The van der Waals surface area contributed by atoms with Crippen LogP contribution in [0.1, 0.15) is 37.8 Å². The molecule has 0 spiro atoms. The number of benzene rings is 1. The van der Waals surface area contributed by atoms with Gasteiger partial charge in [0.25, 0.3) is 0 Å². The molecule has 8 heteroatoms. The van der Waals surface area contributed by atoms with Crippen LogP contribution in [0.4, 0.5) is 0 Å². The Balaban J connectivity index is 0.00000210. The van der Waals surface area contributed by atoms with Crippen molar-refractivity contribution < 1.29 is 9.53 Å². The summed E-state index contributed by atoms with van der Waals surface area (Å²) in [6, 6.07) is 8.02. The third-order valence-corrected chi connectivity index (χ3v) is 6.28. The maximum absolute atomic E-state index is 12.6. The molecule has 5 nitrogen and oxygen atoms in total. The highest BCUT2D eigenvalue weighted by Crippen LogP contribution is 2.28. The number of nitrogens with one attached hydrogen (secondary N) is 2. The number of hydrogen-bond donors (Lipinski definition) is 2. The van der Waals surface area contributed by atoms with Crippen molar-refractivity contribution in [3.63, 3.8) is 0 Å². The Labute approximate surface area is 192 Å². The van der Waals surface area contributed by atoms with E-state index in [0.29, 0.717) is 24.8 Å². The lowest BCUT2D eigenvalue weighted by Crippen LogP contribution is -2.44. The first-order valence-corrected chi connectivity index (χ1v) is 10.6. The Morgan fingerprint density at radius 3 is 2.55 bits per heavy atom. The summed E-state index contributed by atoms with van der Waals surface area (Å²) < 4.78 is 5.49. The quantitative estimate of drug-likeness (QED) is 0.643. The summed E-state index contributed by atoms with van der Waals surface area (Å²) in [4.78, 5) is 15.0. The van der Waals surface area contributed by atoms with E-state index in [9.17, 15) is 4.79 Å². The standard InChI is InChI=1S/C21H32ClN3O2.2ClH/c1-16(17-6-8-23-9-7-17)14-21(26)24-15-20(25-10-12-27-13-11-25)18-4-2-3-5-19(18)22;;/h2-5,16-17,20,23H,6-15H2,1H3,(H,24,26);2*1H. The van der Waals surface area contributed by atoms with Gasteiger partial charge in [0.15, 0.2) is 0 Å². The van der Waals surface area contributed by atoms with E-state index in [4.69, 9.17) is 16.3 Å². The van der Waals surface area contributed by atoms with Crippen LogP contribution in [0.5, 0.6) is 0 Å². The predicted molar refractivity (Wildman–Crippen MR) is 123 cm³/mol. The fourth-order valence-corrected chi connectivity index (χ4v) is 4.49. The first kappa shape index (κ1) is 26.5. The summed E-state index contributed by atoms with van der Waals surface area (Å²) >= 11 is 6.46. The van der Waals surface area contributed by atoms with E-state index in [1.165, 1.54) is 12.8 Å². The SMILES string of the molecule is CC(CC(=O)NCC(c1ccccc1Cl)N1CCOCC1)C1CCNCC1.Cl.Cl. The summed E-state index contributed by atoms with van der Waals surface area (Å²) in [5.74, 6) is 1.22. The lowest BCUT2D eigenvalue weighted by molar-refractivity contribution is -0.122. The van der Waals surface area contributed by atoms with Crippen LogP contribution in [-0.4, -0.2) is 56.7 Å². The van der Waals surface area contributed by atoms with Gasteiger partial charge in [0.2, 0.25) is 5.91 Å². The third-order valence-electron chi connectivity index (χ3n) is 5.94. The summed E-state index contributed by atoms with van der Waals surface area (Å²) in [5, 5.41) is 7.33. The van der Waals surface area contributed by atoms with E-state index in [1.807, 2.05) is 18.2 Å². The second-order valence-electron chi connectivity index (χ2n) is 7.76. The highest BCUT2D eigenvalue weighted by molar-refractivity contribution is 6.31. The third kappa shape index (κ3) is 7.89. The maximum Gasteiger partial charge on any atom is 0.220 e. The molecular weight excluding hydrogens is 433 g/mol. The normalized spacial score (nSPS) is 20.1. The summed E-state index contributed by atoms with van der Waals surface area (Å²) in [6.45, 7) is 8.10. The van der Waals surface area contributed by atoms with Crippen LogP contribution in [0.25, 0.3) is 0 Å². The van der Waals surface area contributed by atoms with E-state index in [0.717, 1.165) is 50.0 Å². The molecule has 2 N–H and O–H groups in total. The Morgan fingerprint density at radius 2 is 1.90 bits per heavy atom. The van der Waals surface area contributed by atoms with E-state index >= 15 is 0 Å². The molecule has 29 heavy (non-hydrogen) atoms. The predicted octanol–water partition coefficient (Wildman–Crippen LogP) is 3.70.